The first-order chi connectivity index (χ1) is 6.63. The quantitative estimate of drug-likeness (QED) is 0.489. The van der Waals surface area contributed by atoms with Crippen LogP contribution >= 0.6 is 11.8 Å². The number of esters is 1. The van der Waals surface area contributed by atoms with E-state index in [1.165, 1.54) is 11.8 Å². The van der Waals surface area contributed by atoms with Gasteiger partial charge in [-0.15, -0.1) is 11.8 Å². The molecule has 0 N–H and O–H groups in total. The zero-order chi connectivity index (χ0) is 11.0. The molecule has 14 heavy (non-hydrogen) atoms. The fourth-order valence-electron chi connectivity index (χ4n) is 1.02. The Hall–Kier alpha value is -0.250. The average Bonchev–Trinajstić information content (AvgIpc) is 2.12. The number of carbonyl (C=O) groups is 1. The molecule has 0 rings (SSSR count). The Bertz CT molecular complexity index is 162. The second-order valence-electron chi connectivity index (χ2n) is 3.33. The largest absolute Gasteiger partial charge is 0.465 e. The van der Waals surface area contributed by atoms with Crippen LogP contribution in [0.4, 0.5) is 4.39 Å². The number of halogens is 1. The molecule has 0 aliphatic heterocycles. The summed E-state index contributed by atoms with van der Waals surface area (Å²) in [6.07, 6.45) is 0.507. The summed E-state index contributed by atoms with van der Waals surface area (Å²) < 4.78 is 16.8. The van der Waals surface area contributed by atoms with Gasteiger partial charge in [0.05, 0.1) is 13.3 Å². The van der Waals surface area contributed by atoms with E-state index in [0.29, 0.717) is 18.8 Å². The Morgan fingerprint density at radius 2 is 2.14 bits per heavy atom. The Labute approximate surface area is 89.6 Å². The number of alkyl halides is 1. The number of rotatable bonds is 7. The molecule has 0 fully saturated rings. The molecule has 0 aromatic rings. The lowest BCUT2D eigenvalue weighted by atomic mass is 10.1. The van der Waals surface area contributed by atoms with E-state index in [-0.39, 0.29) is 23.8 Å². The Morgan fingerprint density at radius 3 is 2.57 bits per heavy atom. The zero-order valence-corrected chi connectivity index (χ0v) is 9.90. The summed E-state index contributed by atoms with van der Waals surface area (Å²) in [7, 11) is 0. The minimum Gasteiger partial charge on any atom is -0.465 e. The van der Waals surface area contributed by atoms with E-state index >= 15 is 0 Å². The third kappa shape index (κ3) is 5.47. The summed E-state index contributed by atoms with van der Waals surface area (Å²) in [5.41, 5.74) is 0. The maximum absolute atomic E-state index is 11.9. The minimum atomic E-state index is -0.319. The number of carbonyl (C=O) groups excluding carboxylic acids is 1. The van der Waals surface area contributed by atoms with Crippen LogP contribution in [0.25, 0.3) is 0 Å². The lowest BCUT2D eigenvalue weighted by Crippen LogP contribution is -2.26. The van der Waals surface area contributed by atoms with Gasteiger partial charge in [0.1, 0.15) is 5.25 Å². The van der Waals surface area contributed by atoms with Crippen LogP contribution < -0.4 is 0 Å². The van der Waals surface area contributed by atoms with E-state index in [9.17, 15) is 9.18 Å². The van der Waals surface area contributed by atoms with Crippen LogP contribution in [-0.2, 0) is 9.53 Å². The maximum atomic E-state index is 11.9. The van der Waals surface area contributed by atoms with Crippen molar-refractivity contribution in [1.29, 1.82) is 0 Å². The summed E-state index contributed by atoms with van der Waals surface area (Å²) in [5.74, 6) is 0.739. The van der Waals surface area contributed by atoms with Gasteiger partial charge >= 0.3 is 5.97 Å². The number of hydrogen-bond donors (Lipinski definition) is 0. The van der Waals surface area contributed by atoms with Gasteiger partial charge in [-0.05, 0) is 25.0 Å². The summed E-state index contributed by atoms with van der Waals surface area (Å²) in [4.78, 5) is 11.4. The smallest absolute Gasteiger partial charge is 0.319 e. The molecule has 0 amide bonds. The first-order valence-corrected chi connectivity index (χ1v) is 6.02. The van der Waals surface area contributed by atoms with Crippen LogP contribution in [0.15, 0.2) is 0 Å². The summed E-state index contributed by atoms with van der Waals surface area (Å²) >= 11 is 1.49. The third-order valence-corrected chi connectivity index (χ3v) is 3.32. The fourth-order valence-corrected chi connectivity index (χ4v) is 2.14. The predicted octanol–water partition coefficient (Wildman–Crippen LogP) is 2.67. The number of ether oxygens (including phenoxy) is 1. The molecule has 0 aliphatic rings. The lowest BCUT2D eigenvalue weighted by Gasteiger charge is -2.18. The molecule has 0 saturated carbocycles. The van der Waals surface area contributed by atoms with E-state index in [1.54, 1.807) is 6.92 Å². The van der Waals surface area contributed by atoms with E-state index in [0.717, 1.165) is 0 Å². The van der Waals surface area contributed by atoms with Crippen LogP contribution in [0.3, 0.4) is 0 Å². The van der Waals surface area contributed by atoms with Crippen molar-refractivity contribution in [1.82, 2.24) is 0 Å². The highest BCUT2D eigenvalue weighted by molar-refractivity contribution is 8.00. The van der Waals surface area contributed by atoms with Crippen molar-refractivity contribution in [2.45, 2.75) is 32.4 Å². The molecule has 4 heteroatoms. The first-order valence-electron chi connectivity index (χ1n) is 4.97. The second kappa shape index (κ2) is 8.09. The molecule has 84 valence electrons. The van der Waals surface area contributed by atoms with Gasteiger partial charge in [0.2, 0.25) is 0 Å². The molecule has 0 bridgehead atoms. The lowest BCUT2D eigenvalue weighted by molar-refractivity contribution is -0.143. The van der Waals surface area contributed by atoms with Crippen molar-refractivity contribution in [2.75, 3.05) is 19.0 Å². The molecular formula is C10H19FO2S. The SMILES string of the molecule is CCOC(=O)C(SCCCF)C(C)C. The number of hydrogen-bond acceptors (Lipinski definition) is 3. The van der Waals surface area contributed by atoms with Gasteiger partial charge in [0.25, 0.3) is 0 Å². The molecule has 0 heterocycles. The average molecular weight is 222 g/mol. The predicted molar refractivity (Wildman–Crippen MR) is 58.3 cm³/mol. The standard InChI is InChI=1S/C10H19FO2S/c1-4-13-10(12)9(8(2)3)14-7-5-6-11/h8-9H,4-7H2,1-3H3. The molecule has 0 aromatic heterocycles. The van der Waals surface area contributed by atoms with E-state index in [4.69, 9.17) is 4.74 Å². The first kappa shape index (κ1) is 13.8. The Balaban J connectivity index is 3.95. The molecule has 0 aromatic carbocycles. The van der Waals surface area contributed by atoms with Gasteiger partial charge in [-0.3, -0.25) is 9.18 Å². The van der Waals surface area contributed by atoms with Gasteiger partial charge < -0.3 is 4.74 Å². The van der Waals surface area contributed by atoms with Crippen molar-refractivity contribution < 1.29 is 13.9 Å². The van der Waals surface area contributed by atoms with E-state index in [2.05, 4.69) is 0 Å². The Morgan fingerprint density at radius 1 is 1.50 bits per heavy atom. The third-order valence-electron chi connectivity index (χ3n) is 1.70. The summed E-state index contributed by atoms with van der Waals surface area (Å²) in [6.45, 7) is 5.84. The highest BCUT2D eigenvalue weighted by Crippen LogP contribution is 2.21. The molecule has 1 atom stereocenters. The van der Waals surface area contributed by atoms with Crippen molar-refractivity contribution in [3.63, 3.8) is 0 Å². The second-order valence-corrected chi connectivity index (χ2v) is 4.58. The fraction of sp³-hybridized carbons (Fsp3) is 0.900. The summed E-state index contributed by atoms with van der Waals surface area (Å²) in [6, 6.07) is 0. The normalized spacial score (nSPS) is 12.9. The van der Waals surface area contributed by atoms with Crippen molar-refractivity contribution in [3.05, 3.63) is 0 Å². The molecule has 1 unspecified atom stereocenters. The minimum absolute atomic E-state index is 0.151. The molecule has 2 nitrogen and oxygen atoms in total. The van der Waals surface area contributed by atoms with E-state index < -0.39 is 0 Å². The summed E-state index contributed by atoms with van der Waals surface area (Å²) in [5, 5.41) is -0.151. The highest BCUT2D eigenvalue weighted by Gasteiger charge is 2.23. The van der Waals surface area contributed by atoms with Gasteiger partial charge in [0, 0.05) is 0 Å². The van der Waals surface area contributed by atoms with Crippen LogP contribution in [0.2, 0.25) is 0 Å². The molecule has 0 radical (unpaired) electrons. The molecule has 0 saturated heterocycles. The topological polar surface area (TPSA) is 26.3 Å². The van der Waals surface area contributed by atoms with Crippen molar-refractivity contribution >= 4 is 17.7 Å². The monoisotopic (exact) mass is 222 g/mol. The van der Waals surface area contributed by atoms with Gasteiger partial charge in [-0.2, -0.15) is 0 Å². The van der Waals surface area contributed by atoms with Gasteiger partial charge in [-0.1, -0.05) is 13.8 Å². The van der Waals surface area contributed by atoms with Crippen LogP contribution in [0.5, 0.6) is 0 Å². The van der Waals surface area contributed by atoms with Crippen molar-refractivity contribution in [2.24, 2.45) is 5.92 Å². The number of thioether (sulfide) groups is 1. The van der Waals surface area contributed by atoms with Crippen LogP contribution in [-0.4, -0.2) is 30.3 Å². The van der Waals surface area contributed by atoms with Crippen LogP contribution in [0, 0.1) is 5.92 Å². The molecule has 0 spiro atoms. The van der Waals surface area contributed by atoms with Crippen molar-refractivity contribution in [3.8, 4) is 0 Å². The van der Waals surface area contributed by atoms with Gasteiger partial charge in [-0.25, -0.2) is 0 Å². The molecular weight excluding hydrogens is 203 g/mol. The maximum Gasteiger partial charge on any atom is 0.319 e. The molecule has 0 aliphatic carbocycles. The van der Waals surface area contributed by atoms with Gasteiger partial charge in [0.15, 0.2) is 0 Å². The van der Waals surface area contributed by atoms with E-state index in [1.807, 2.05) is 13.8 Å². The zero-order valence-electron chi connectivity index (χ0n) is 9.09. The Kier molecular flexibility index (Phi) is 7.95. The van der Waals surface area contributed by atoms with Crippen LogP contribution in [0.1, 0.15) is 27.2 Å². The highest BCUT2D eigenvalue weighted by atomic mass is 32.2.